The minimum atomic E-state index is -1.30. The van der Waals surface area contributed by atoms with E-state index < -0.39 is 34.5 Å². The van der Waals surface area contributed by atoms with E-state index in [4.69, 9.17) is 5.73 Å². The lowest BCUT2D eigenvalue weighted by Crippen LogP contribution is -2.17. The van der Waals surface area contributed by atoms with E-state index in [2.05, 4.69) is 15.2 Å². The van der Waals surface area contributed by atoms with Crippen LogP contribution in [0.15, 0.2) is 30.5 Å². The third-order valence-electron chi connectivity index (χ3n) is 3.14. The number of primary amides is 1. The molecule has 2 aromatic heterocycles. The van der Waals surface area contributed by atoms with E-state index in [-0.39, 0.29) is 11.3 Å². The molecule has 3 aromatic rings. The summed E-state index contributed by atoms with van der Waals surface area (Å²) in [6.07, 6.45) is 1.46. The van der Waals surface area contributed by atoms with Crippen LogP contribution in [0.25, 0.3) is 11.0 Å². The molecule has 0 saturated carbocycles. The van der Waals surface area contributed by atoms with Crippen molar-refractivity contribution in [3.8, 4) is 0 Å². The number of nitrogens with one attached hydrogen (secondary N) is 1. The van der Waals surface area contributed by atoms with Gasteiger partial charge in [-0.3, -0.25) is 14.7 Å². The zero-order chi connectivity index (χ0) is 15.9. The van der Waals surface area contributed by atoms with Crippen molar-refractivity contribution in [2.75, 3.05) is 0 Å². The highest BCUT2D eigenvalue weighted by Crippen LogP contribution is 2.23. The SMILES string of the molecule is NC(=O)c1ccc(F)c(C(=O)c2[nH]nc3ncccc23)c1F. The van der Waals surface area contributed by atoms with Gasteiger partial charge in [0.1, 0.15) is 17.3 Å². The Morgan fingerprint density at radius 2 is 1.95 bits per heavy atom. The van der Waals surface area contributed by atoms with Gasteiger partial charge in [-0.15, -0.1) is 0 Å². The quantitative estimate of drug-likeness (QED) is 0.717. The number of hydrogen-bond acceptors (Lipinski definition) is 4. The zero-order valence-corrected chi connectivity index (χ0v) is 10.9. The highest BCUT2D eigenvalue weighted by atomic mass is 19.1. The number of H-pyrrole nitrogens is 1. The second kappa shape index (κ2) is 4.99. The van der Waals surface area contributed by atoms with Crippen LogP contribution in [-0.4, -0.2) is 26.9 Å². The highest BCUT2D eigenvalue weighted by molar-refractivity contribution is 6.15. The van der Waals surface area contributed by atoms with Crippen molar-refractivity contribution in [2.45, 2.75) is 0 Å². The molecule has 0 unspecified atom stereocenters. The Morgan fingerprint density at radius 3 is 2.68 bits per heavy atom. The van der Waals surface area contributed by atoms with Crippen LogP contribution in [0, 0.1) is 11.6 Å². The zero-order valence-electron chi connectivity index (χ0n) is 10.9. The predicted octanol–water partition coefficient (Wildman–Crippen LogP) is 1.57. The molecule has 1 aromatic carbocycles. The number of nitrogens with two attached hydrogens (primary N) is 1. The van der Waals surface area contributed by atoms with Crippen LogP contribution in [0.1, 0.15) is 26.4 Å². The Hall–Kier alpha value is -3.16. The first-order valence-electron chi connectivity index (χ1n) is 6.12. The maximum Gasteiger partial charge on any atom is 0.251 e. The third-order valence-corrected chi connectivity index (χ3v) is 3.14. The number of pyridine rings is 1. The van der Waals surface area contributed by atoms with Crippen LogP contribution >= 0.6 is 0 Å². The Kier molecular flexibility index (Phi) is 3.13. The molecule has 110 valence electrons. The summed E-state index contributed by atoms with van der Waals surface area (Å²) in [4.78, 5) is 27.4. The number of nitrogens with zero attached hydrogens (tertiary/aromatic N) is 2. The average molecular weight is 302 g/mol. The average Bonchev–Trinajstić information content (AvgIpc) is 2.90. The van der Waals surface area contributed by atoms with E-state index in [1.807, 2.05) is 0 Å². The van der Waals surface area contributed by atoms with Crippen molar-refractivity contribution in [3.63, 3.8) is 0 Å². The lowest BCUT2D eigenvalue weighted by Gasteiger charge is -2.06. The molecule has 2 heterocycles. The summed E-state index contributed by atoms with van der Waals surface area (Å²) in [6, 6.07) is 4.79. The fourth-order valence-electron chi connectivity index (χ4n) is 2.10. The third kappa shape index (κ3) is 2.01. The minimum absolute atomic E-state index is 0.123. The van der Waals surface area contributed by atoms with Crippen molar-refractivity contribution in [1.29, 1.82) is 0 Å². The topological polar surface area (TPSA) is 102 Å². The number of carbonyl (C=O) groups is 2. The Labute approximate surface area is 122 Å². The van der Waals surface area contributed by atoms with Gasteiger partial charge in [0, 0.05) is 6.20 Å². The molecule has 22 heavy (non-hydrogen) atoms. The molecular formula is C14H8F2N4O2. The largest absolute Gasteiger partial charge is 0.366 e. The number of benzene rings is 1. The number of amides is 1. The van der Waals surface area contributed by atoms with E-state index in [0.717, 1.165) is 12.1 Å². The molecule has 0 bridgehead atoms. The molecule has 8 heteroatoms. The van der Waals surface area contributed by atoms with Gasteiger partial charge in [0.15, 0.2) is 5.65 Å². The molecule has 0 aliphatic rings. The van der Waals surface area contributed by atoms with Crippen molar-refractivity contribution < 1.29 is 18.4 Å². The number of fused-ring (bicyclic) bond motifs is 1. The van der Waals surface area contributed by atoms with Gasteiger partial charge in [-0.2, -0.15) is 5.10 Å². The van der Waals surface area contributed by atoms with Gasteiger partial charge < -0.3 is 5.73 Å². The molecule has 0 radical (unpaired) electrons. The van der Waals surface area contributed by atoms with Crippen molar-refractivity contribution in [1.82, 2.24) is 15.2 Å². The van der Waals surface area contributed by atoms with E-state index in [1.165, 1.54) is 12.3 Å². The summed E-state index contributed by atoms with van der Waals surface area (Å²) < 4.78 is 28.1. The van der Waals surface area contributed by atoms with Crippen LogP contribution < -0.4 is 5.73 Å². The van der Waals surface area contributed by atoms with Crippen molar-refractivity contribution in [2.24, 2.45) is 5.73 Å². The Bertz CT molecular complexity index is 920. The summed E-state index contributed by atoms with van der Waals surface area (Å²) in [5.74, 6) is -4.47. The first-order chi connectivity index (χ1) is 10.5. The fraction of sp³-hybridized carbons (Fsp3) is 0. The van der Waals surface area contributed by atoms with Crippen LogP contribution in [0.3, 0.4) is 0 Å². The Morgan fingerprint density at radius 1 is 1.18 bits per heavy atom. The number of aromatic amines is 1. The minimum Gasteiger partial charge on any atom is -0.366 e. The van der Waals surface area contributed by atoms with Gasteiger partial charge in [-0.05, 0) is 24.3 Å². The predicted molar refractivity (Wildman–Crippen MR) is 72.2 cm³/mol. The lowest BCUT2D eigenvalue weighted by atomic mass is 10.0. The van der Waals surface area contributed by atoms with E-state index >= 15 is 0 Å². The van der Waals surface area contributed by atoms with Gasteiger partial charge in [0.05, 0.1) is 16.5 Å². The number of halogens is 2. The number of ketones is 1. The fourth-order valence-corrected chi connectivity index (χ4v) is 2.10. The van der Waals surface area contributed by atoms with Crippen LogP contribution in [-0.2, 0) is 0 Å². The van der Waals surface area contributed by atoms with E-state index in [9.17, 15) is 18.4 Å². The first kappa shape index (κ1) is 13.8. The molecule has 0 aliphatic carbocycles. The summed E-state index contributed by atoms with van der Waals surface area (Å²) in [5.41, 5.74) is 3.68. The molecule has 0 spiro atoms. The molecular weight excluding hydrogens is 294 g/mol. The van der Waals surface area contributed by atoms with E-state index in [1.54, 1.807) is 6.07 Å². The van der Waals surface area contributed by atoms with Crippen LogP contribution in [0.4, 0.5) is 8.78 Å². The maximum atomic E-state index is 14.2. The number of rotatable bonds is 3. The van der Waals surface area contributed by atoms with Gasteiger partial charge in [0.25, 0.3) is 5.91 Å². The van der Waals surface area contributed by atoms with Crippen molar-refractivity contribution >= 4 is 22.7 Å². The van der Waals surface area contributed by atoms with Crippen LogP contribution in [0.5, 0.6) is 0 Å². The second-order valence-electron chi connectivity index (χ2n) is 4.45. The summed E-state index contributed by atoms with van der Waals surface area (Å²) in [6.45, 7) is 0. The van der Waals surface area contributed by atoms with Gasteiger partial charge >= 0.3 is 0 Å². The molecule has 3 N–H and O–H groups in total. The first-order valence-corrected chi connectivity index (χ1v) is 6.12. The van der Waals surface area contributed by atoms with Gasteiger partial charge in [-0.1, -0.05) is 0 Å². The summed E-state index contributed by atoms with van der Waals surface area (Å²) in [7, 11) is 0. The van der Waals surface area contributed by atoms with Gasteiger partial charge in [0.2, 0.25) is 5.78 Å². The number of hydrogen-bond donors (Lipinski definition) is 2. The second-order valence-corrected chi connectivity index (χ2v) is 4.45. The monoisotopic (exact) mass is 302 g/mol. The molecule has 3 rings (SSSR count). The number of carbonyl (C=O) groups excluding carboxylic acids is 2. The normalized spacial score (nSPS) is 10.8. The van der Waals surface area contributed by atoms with E-state index in [0.29, 0.717) is 5.39 Å². The standard InChI is InChI=1S/C14H8F2N4O2/c15-8-4-3-6(13(17)22)10(16)9(8)12(21)11-7-2-1-5-18-14(7)20-19-11/h1-5H,(H2,17,22)(H,18,19,20). The molecule has 0 saturated heterocycles. The van der Waals surface area contributed by atoms with Crippen LogP contribution in [0.2, 0.25) is 0 Å². The molecule has 1 amide bonds. The maximum absolute atomic E-state index is 14.2. The van der Waals surface area contributed by atoms with Crippen molar-refractivity contribution in [3.05, 3.63) is 58.9 Å². The van der Waals surface area contributed by atoms with Gasteiger partial charge in [-0.25, -0.2) is 13.8 Å². The molecule has 0 fully saturated rings. The highest BCUT2D eigenvalue weighted by Gasteiger charge is 2.26. The molecule has 0 atom stereocenters. The molecule has 6 nitrogen and oxygen atoms in total. The number of aromatic nitrogens is 3. The molecule has 0 aliphatic heterocycles. The smallest absolute Gasteiger partial charge is 0.251 e. The summed E-state index contributed by atoms with van der Waals surface area (Å²) >= 11 is 0. The summed E-state index contributed by atoms with van der Waals surface area (Å²) in [5, 5.41) is 6.51. The lowest BCUT2D eigenvalue weighted by molar-refractivity contribution is 0.0996. The Balaban J connectivity index is 2.21.